The lowest BCUT2D eigenvalue weighted by Gasteiger charge is -2.31. The number of hydrogen-bond acceptors (Lipinski definition) is 4. The minimum absolute atomic E-state index is 0.0634. The van der Waals surface area contributed by atoms with Gasteiger partial charge in [-0.1, -0.05) is 17.7 Å². The number of halogens is 11. The number of amides is 1. The predicted octanol–water partition coefficient (Wildman–Crippen LogP) is 7.44. The Morgan fingerprint density at radius 1 is 0.950 bits per heavy atom. The number of rotatable bonds is 8. The number of anilines is 1. The molecule has 3 aromatic rings. The molecule has 0 atom stereocenters. The van der Waals surface area contributed by atoms with Crippen LogP contribution < -0.4 is 10.1 Å². The molecule has 0 aliphatic rings. The second-order valence-electron chi connectivity index (χ2n) is 7.92. The summed E-state index contributed by atoms with van der Waals surface area (Å²) in [6, 6.07) is 5.20. The molecule has 1 amide bonds. The molecule has 2 aromatic carbocycles. The van der Waals surface area contributed by atoms with Crippen molar-refractivity contribution in [2.24, 2.45) is 0 Å². The molecule has 0 unspecified atom stereocenters. The third-order valence-electron chi connectivity index (χ3n) is 5.38. The molecule has 0 spiro atoms. The quantitative estimate of drug-likeness (QED) is 0.215. The zero-order valence-corrected chi connectivity index (χ0v) is 20.1. The third-order valence-corrected chi connectivity index (χ3v) is 5.71. The molecule has 0 saturated carbocycles. The summed E-state index contributed by atoms with van der Waals surface area (Å²) in [5.74, 6) is -4.86. The second kappa shape index (κ2) is 11.3. The van der Waals surface area contributed by atoms with Crippen LogP contribution in [0.25, 0.3) is 0 Å². The lowest BCUT2D eigenvalue weighted by atomic mass is 9.91. The molecule has 40 heavy (non-hydrogen) atoms. The van der Waals surface area contributed by atoms with E-state index in [0.717, 1.165) is 18.2 Å². The molecule has 0 radical (unpaired) electrons. The Labute approximate surface area is 222 Å². The molecule has 16 heteroatoms. The van der Waals surface area contributed by atoms with Crippen LogP contribution in [0.1, 0.15) is 31.8 Å². The number of benzene rings is 2. The lowest BCUT2D eigenvalue weighted by molar-refractivity contribution is -0.348. The molecule has 214 valence electrons. The number of carbonyl (C=O) groups is 2. The van der Waals surface area contributed by atoms with Crippen molar-refractivity contribution in [2.75, 3.05) is 5.32 Å². The average molecular weight is 603 g/mol. The van der Waals surface area contributed by atoms with Gasteiger partial charge in [-0.05, 0) is 36.4 Å². The molecule has 3 rings (SSSR count). The molecule has 0 aliphatic carbocycles. The first-order chi connectivity index (χ1) is 18.5. The Hall–Kier alpha value is -3.88. The van der Waals surface area contributed by atoms with Gasteiger partial charge in [0, 0.05) is 40.5 Å². The average Bonchev–Trinajstić information content (AvgIpc) is 2.85. The van der Waals surface area contributed by atoms with Crippen LogP contribution >= 0.6 is 11.6 Å². The van der Waals surface area contributed by atoms with Crippen molar-refractivity contribution in [2.45, 2.75) is 31.1 Å². The van der Waals surface area contributed by atoms with E-state index in [9.17, 15) is 49.1 Å². The summed E-state index contributed by atoms with van der Waals surface area (Å²) in [5.41, 5.74) is -10.4. The zero-order chi connectivity index (χ0) is 30.0. The van der Waals surface area contributed by atoms with E-state index in [1.54, 1.807) is 0 Å². The molecule has 0 fully saturated rings. The van der Waals surface area contributed by atoms with Gasteiger partial charge in [0.2, 0.25) is 0 Å². The Bertz CT molecular complexity index is 1400. The number of pyridine rings is 1. The van der Waals surface area contributed by atoms with Gasteiger partial charge in [-0.2, -0.15) is 35.1 Å². The Morgan fingerprint density at radius 2 is 1.55 bits per heavy atom. The Balaban J connectivity index is 2.02. The Kier molecular flexibility index (Phi) is 8.67. The van der Waals surface area contributed by atoms with Crippen LogP contribution in [-0.2, 0) is 12.1 Å². The van der Waals surface area contributed by atoms with E-state index in [1.807, 2.05) is 0 Å². The number of aromatic nitrogens is 1. The second-order valence-corrected chi connectivity index (χ2v) is 8.33. The number of ketones is 1. The standard InChI is InChI=1S/C24H13ClF10N2O3/c25-15-8-12(22(29,23(30,31)32)24(33,34)35)9-18(40-21(27)28)14(15)10-17(38)13-2-1-3-16(19(13)26)37-20(39)11-4-6-36-7-5-11/h1-9,21H,10H2,(H,37,39). The topological polar surface area (TPSA) is 68.3 Å². The highest BCUT2D eigenvalue weighted by Crippen LogP contribution is 2.54. The summed E-state index contributed by atoms with van der Waals surface area (Å²) < 4.78 is 138. The van der Waals surface area contributed by atoms with E-state index >= 15 is 4.39 Å². The fourth-order valence-corrected chi connectivity index (χ4v) is 3.75. The molecule has 5 nitrogen and oxygen atoms in total. The van der Waals surface area contributed by atoms with E-state index < -0.39 is 81.7 Å². The van der Waals surface area contributed by atoms with E-state index in [4.69, 9.17) is 11.6 Å². The zero-order valence-electron chi connectivity index (χ0n) is 19.3. The van der Waals surface area contributed by atoms with E-state index in [2.05, 4.69) is 15.0 Å². The molecule has 0 bridgehead atoms. The van der Waals surface area contributed by atoms with Gasteiger partial charge >= 0.3 is 24.6 Å². The third kappa shape index (κ3) is 6.13. The smallest absolute Gasteiger partial charge is 0.434 e. The number of Topliss-reactive ketones (excluding diaryl/α,β-unsaturated/α-hetero) is 1. The maximum Gasteiger partial charge on any atom is 0.435 e. The summed E-state index contributed by atoms with van der Waals surface area (Å²) in [7, 11) is 0. The van der Waals surface area contributed by atoms with Crippen LogP contribution in [0.3, 0.4) is 0 Å². The summed E-state index contributed by atoms with van der Waals surface area (Å²) in [5, 5.41) is 1.01. The Morgan fingerprint density at radius 3 is 2.10 bits per heavy atom. The molecule has 1 heterocycles. The monoisotopic (exact) mass is 602 g/mol. The fraction of sp³-hybridized carbons (Fsp3) is 0.208. The van der Waals surface area contributed by atoms with Gasteiger partial charge in [-0.25, -0.2) is 8.78 Å². The summed E-state index contributed by atoms with van der Waals surface area (Å²) in [6.07, 6.45) is -11.8. The predicted molar refractivity (Wildman–Crippen MR) is 120 cm³/mol. The van der Waals surface area contributed by atoms with Gasteiger partial charge < -0.3 is 10.1 Å². The van der Waals surface area contributed by atoms with Crippen LogP contribution in [0.2, 0.25) is 5.02 Å². The van der Waals surface area contributed by atoms with Gasteiger partial charge in [0.15, 0.2) is 11.6 Å². The van der Waals surface area contributed by atoms with Crippen molar-refractivity contribution < 1.29 is 58.2 Å². The van der Waals surface area contributed by atoms with E-state index in [1.165, 1.54) is 24.5 Å². The van der Waals surface area contributed by atoms with Gasteiger partial charge in [-0.3, -0.25) is 14.6 Å². The van der Waals surface area contributed by atoms with Crippen molar-refractivity contribution in [3.05, 3.63) is 88.0 Å². The molecule has 1 aromatic heterocycles. The SMILES string of the molecule is O=C(Nc1cccc(C(=O)Cc2c(Cl)cc(C(F)(C(F)(F)F)C(F)(F)F)cc2OC(F)F)c1F)c1ccncc1. The molecule has 0 aliphatic heterocycles. The number of carbonyl (C=O) groups excluding carboxylic acids is 2. The first kappa shape index (κ1) is 30.7. The lowest BCUT2D eigenvalue weighted by Crippen LogP contribution is -2.50. The van der Waals surface area contributed by atoms with Crippen LogP contribution in [-0.4, -0.2) is 35.6 Å². The van der Waals surface area contributed by atoms with Crippen LogP contribution in [0.15, 0.2) is 54.9 Å². The number of alkyl halides is 9. The van der Waals surface area contributed by atoms with Crippen molar-refractivity contribution in [3.63, 3.8) is 0 Å². The van der Waals surface area contributed by atoms with Crippen molar-refractivity contribution in [1.82, 2.24) is 4.98 Å². The summed E-state index contributed by atoms with van der Waals surface area (Å²) in [4.78, 5) is 28.8. The minimum atomic E-state index is -6.60. The number of hydrogen-bond donors (Lipinski definition) is 1. The van der Waals surface area contributed by atoms with Gasteiger partial charge in [0.1, 0.15) is 5.75 Å². The van der Waals surface area contributed by atoms with Crippen LogP contribution in [0.5, 0.6) is 5.75 Å². The molecular weight excluding hydrogens is 590 g/mol. The van der Waals surface area contributed by atoms with Crippen LogP contribution in [0.4, 0.5) is 49.6 Å². The molecular formula is C24H13ClF10N2O3. The molecule has 0 saturated heterocycles. The highest BCUT2D eigenvalue weighted by Gasteiger charge is 2.73. The first-order valence-corrected chi connectivity index (χ1v) is 11.0. The van der Waals surface area contributed by atoms with Crippen LogP contribution in [0, 0.1) is 5.82 Å². The summed E-state index contributed by atoms with van der Waals surface area (Å²) >= 11 is 5.73. The van der Waals surface area contributed by atoms with Gasteiger partial charge in [-0.15, -0.1) is 0 Å². The summed E-state index contributed by atoms with van der Waals surface area (Å²) in [6.45, 7) is -3.85. The number of nitrogens with one attached hydrogen (secondary N) is 1. The van der Waals surface area contributed by atoms with Crippen molar-refractivity contribution in [3.8, 4) is 5.75 Å². The maximum absolute atomic E-state index is 15.1. The number of nitrogens with zero attached hydrogens (tertiary/aromatic N) is 1. The first-order valence-electron chi connectivity index (χ1n) is 10.6. The van der Waals surface area contributed by atoms with E-state index in [-0.39, 0.29) is 17.7 Å². The largest absolute Gasteiger partial charge is 0.435 e. The fourth-order valence-electron chi connectivity index (χ4n) is 3.47. The van der Waals surface area contributed by atoms with Gasteiger partial charge in [0.25, 0.3) is 5.91 Å². The minimum Gasteiger partial charge on any atom is -0.434 e. The van der Waals surface area contributed by atoms with Gasteiger partial charge in [0.05, 0.1) is 11.3 Å². The van der Waals surface area contributed by atoms with Crippen molar-refractivity contribution >= 4 is 29.0 Å². The normalized spacial score (nSPS) is 12.4. The number of ether oxygens (including phenoxy) is 1. The molecule has 1 N–H and O–H groups in total. The highest BCUT2D eigenvalue weighted by atomic mass is 35.5. The maximum atomic E-state index is 15.1. The van der Waals surface area contributed by atoms with Crippen molar-refractivity contribution in [1.29, 1.82) is 0 Å². The van der Waals surface area contributed by atoms with E-state index in [0.29, 0.717) is 0 Å². The highest BCUT2D eigenvalue weighted by molar-refractivity contribution is 6.32.